The van der Waals surface area contributed by atoms with Gasteiger partial charge in [0, 0.05) is 0 Å². The van der Waals surface area contributed by atoms with E-state index < -0.39 is 20.1 Å². The molecule has 0 saturated carbocycles. The van der Waals surface area contributed by atoms with E-state index >= 15 is 0 Å². The molecule has 3 aromatic rings. The second-order valence-electron chi connectivity index (χ2n) is 9.81. The van der Waals surface area contributed by atoms with Crippen LogP contribution in [0.25, 0.3) is 16.9 Å². The van der Waals surface area contributed by atoms with E-state index in [0.29, 0.717) is 35.9 Å². The summed E-state index contributed by atoms with van der Waals surface area (Å²) in [6.45, 7) is 2.35. The molecule has 0 unspecified atom stereocenters. The molecule has 1 amide bonds. The van der Waals surface area contributed by atoms with Gasteiger partial charge < -0.3 is 0 Å². The number of carbonyl (C=O) groups is 1. The number of ether oxygens (including phenoxy) is 1. The van der Waals surface area contributed by atoms with Crippen molar-refractivity contribution in [3.05, 3.63) is 94.3 Å². The van der Waals surface area contributed by atoms with Crippen LogP contribution in [-0.4, -0.2) is 43.2 Å². The molecule has 1 aliphatic carbocycles. The van der Waals surface area contributed by atoms with Gasteiger partial charge >= 0.3 is 232 Å². The summed E-state index contributed by atoms with van der Waals surface area (Å²) in [4.78, 5) is 14.2. The van der Waals surface area contributed by atoms with Crippen molar-refractivity contribution in [2.75, 3.05) is 23.0 Å². The molecule has 0 bridgehead atoms. The number of nitrogens with one attached hydrogen (secondary N) is 1. The zero-order chi connectivity index (χ0) is 26.8. The van der Waals surface area contributed by atoms with E-state index in [0.717, 1.165) is 49.5 Å². The van der Waals surface area contributed by atoms with Crippen LogP contribution in [0.15, 0.2) is 66.2 Å². The Kier molecular flexibility index (Phi) is 8.04. The molecule has 38 heavy (non-hydrogen) atoms. The number of aliphatic hydroxyl groups excluding tert-OH is 1. The van der Waals surface area contributed by atoms with E-state index in [1.165, 1.54) is 6.07 Å². The number of carbonyl (C=O) groups excluding carboxylic acids is 1. The SMILES string of the molecule is CNC1CCI(N(Cc2cc(-c3ccccc3F)ccc2OC)C(=O)C2=C(O)c3c(C)cccc3C2)CC1. The summed E-state index contributed by atoms with van der Waals surface area (Å²) in [5, 5.41) is 14.6. The number of hydrogen-bond donors (Lipinski definition) is 2. The maximum absolute atomic E-state index is 14.6. The van der Waals surface area contributed by atoms with Gasteiger partial charge in [-0.05, 0) is 0 Å². The molecule has 3 aromatic carbocycles. The average molecular weight is 629 g/mol. The predicted molar refractivity (Wildman–Crippen MR) is 159 cm³/mol. The first kappa shape index (κ1) is 26.7. The summed E-state index contributed by atoms with van der Waals surface area (Å²) in [5.41, 5.74) is 5.35. The normalized spacial score (nSPS) is 16.5. The summed E-state index contributed by atoms with van der Waals surface area (Å²) in [6, 6.07) is 18.8. The molecule has 2 N–H and O–H groups in total. The number of nitrogens with zero attached hydrogens (tertiary/aromatic N) is 1. The Labute approximate surface area is 231 Å². The topological polar surface area (TPSA) is 61.8 Å². The van der Waals surface area contributed by atoms with E-state index in [2.05, 4.69) is 8.43 Å². The first-order chi connectivity index (χ1) is 18.4. The van der Waals surface area contributed by atoms with E-state index in [4.69, 9.17) is 4.74 Å². The van der Waals surface area contributed by atoms with Crippen LogP contribution in [0.3, 0.4) is 0 Å². The molecule has 7 heteroatoms. The molecular formula is C31H34FIN2O3. The molecule has 1 heterocycles. The van der Waals surface area contributed by atoms with Gasteiger partial charge in [0.05, 0.1) is 0 Å². The first-order valence-electron chi connectivity index (χ1n) is 12.9. The van der Waals surface area contributed by atoms with Crippen molar-refractivity contribution < 1.29 is 19.0 Å². The number of alkyl halides is 2. The number of hydrogen-bond acceptors (Lipinski definition) is 4. The summed E-state index contributed by atoms with van der Waals surface area (Å²) in [7, 11) is 3.62. The van der Waals surface area contributed by atoms with Crippen LogP contribution in [-0.2, 0) is 17.8 Å². The van der Waals surface area contributed by atoms with E-state index in [1.54, 1.807) is 19.2 Å². The molecule has 200 valence electrons. The zero-order valence-electron chi connectivity index (χ0n) is 22.1. The molecule has 0 spiro atoms. The van der Waals surface area contributed by atoms with Crippen LogP contribution in [0, 0.1) is 12.7 Å². The molecule has 0 aromatic heterocycles. The summed E-state index contributed by atoms with van der Waals surface area (Å²) < 4.78 is 24.4. The number of benzene rings is 3. The van der Waals surface area contributed by atoms with Crippen LogP contribution in [0.5, 0.6) is 5.75 Å². The third-order valence-electron chi connectivity index (χ3n) is 7.55. The minimum atomic E-state index is -1.89. The number of methoxy groups -OCH3 is 1. The molecular weight excluding hydrogens is 594 g/mol. The molecule has 5 nitrogen and oxygen atoms in total. The number of halogens is 2. The Morgan fingerprint density at radius 3 is 2.58 bits per heavy atom. The zero-order valence-corrected chi connectivity index (χ0v) is 24.2. The Bertz CT molecular complexity index is 1380. The fourth-order valence-electron chi connectivity index (χ4n) is 5.39. The van der Waals surface area contributed by atoms with Gasteiger partial charge in [-0.15, -0.1) is 0 Å². The van der Waals surface area contributed by atoms with Gasteiger partial charge in [0.15, 0.2) is 0 Å². The standard InChI is InChI=1S/C31H34FIN2O3/c1-20-7-6-8-22-18-26(30(36)29(20)22)31(37)35(33-15-13-24(34-2)14-16-33)19-23-17-21(11-12-28(23)38-3)25-9-4-5-10-27(25)32/h4-12,17,24,34,36H,13-16,18-19H2,1-3H3. The Balaban J connectivity index is 1.52. The van der Waals surface area contributed by atoms with Gasteiger partial charge in [0.25, 0.3) is 0 Å². The molecule has 2 aliphatic rings. The van der Waals surface area contributed by atoms with Gasteiger partial charge in [-0.25, -0.2) is 0 Å². The van der Waals surface area contributed by atoms with Crippen molar-refractivity contribution in [2.45, 2.75) is 38.8 Å². The second-order valence-corrected chi connectivity index (χ2v) is 15.6. The maximum atomic E-state index is 14.6. The van der Waals surface area contributed by atoms with E-state index in [9.17, 15) is 14.3 Å². The summed E-state index contributed by atoms with van der Waals surface area (Å²) in [5.74, 6) is 0.421. The third-order valence-corrected chi connectivity index (χ3v) is 13.7. The van der Waals surface area contributed by atoms with Gasteiger partial charge in [-0.2, -0.15) is 0 Å². The monoisotopic (exact) mass is 628 g/mol. The Morgan fingerprint density at radius 1 is 1.13 bits per heavy atom. The minimum absolute atomic E-state index is 0.0791. The number of aliphatic hydroxyl groups is 1. The number of amides is 1. The first-order valence-corrected chi connectivity index (χ1v) is 17.0. The predicted octanol–water partition coefficient (Wildman–Crippen LogP) is 6.47. The van der Waals surface area contributed by atoms with Gasteiger partial charge in [-0.3, -0.25) is 0 Å². The van der Waals surface area contributed by atoms with Gasteiger partial charge in [0.1, 0.15) is 0 Å². The van der Waals surface area contributed by atoms with E-state index in [1.807, 2.05) is 56.4 Å². The van der Waals surface area contributed by atoms with E-state index in [-0.39, 0.29) is 17.5 Å². The second kappa shape index (κ2) is 11.5. The fourth-order valence-corrected chi connectivity index (χ4v) is 11.8. The number of aryl methyl sites for hydroxylation is 1. The number of fused-ring (bicyclic) bond motifs is 1. The Morgan fingerprint density at radius 2 is 1.89 bits per heavy atom. The van der Waals surface area contributed by atoms with Crippen molar-refractivity contribution >= 4 is 31.8 Å². The van der Waals surface area contributed by atoms with Crippen molar-refractivity contribution in [2.24, 2.45) is 0 Å². The van der Waals surface area contributed by atoms with Gasteiger partial charge in [0.2, 0.25) is 0 Å². The van der Waals surface area contributed by atoms with Crippen LogP contribution < -0.4 is 10.1 Å². The van der Waals surface area contributed by atoms with Crippen LogP contribution in [0.2, 0.25) is 0 Å². The van der Waals surface area contributed by atoms with Crippen LogP contribution in [0.1, 0.15) is 35.1 Å². The van der Waals surface area contributed by atoms with Crippen molar-refractivity contribution in [1.82, 2.24) is 8.43 Å². The third kappa shape index (κ3) is 5.18. The van der Waals surface area contributed by atoms with Crippen molar-refractivity contribution in [3.8, 4) is 16.9 Å². The quantitative estimate of drug-likeness (QED) is 0.179. The molecule has 5 rings (SSSR count). The van der Waals surface area contributed by atoms with Crippen LogP contribution >= 0.6 is 20.1 Å². The molecule has 0 atom stereocenters. The average Bonchev–Trinajstić information content (AvgIpc) is 3.29. The summed E-state index contributed by atoms with van der Waals surface area (Å²) >= 11 is -1.89. The molecule has 1 fully saturated rings. The summed E-state index contributed by atoms with van der Waals surface area (Å²) in [6.07, 6.45) is 2.53. The Hall–Kier alpha value is -2.91. The van der Waals surface area contributed by atoms with Crippen molar-refractivity contribution in [3.63, 3.8) is 0 Å². The van der Waals surface area contributed by atoms with Gasteiger partial charge in [-0.1, -0.05) is 0 Å². The van der Waals surface area contributed by atoms with Crippen molar-refractivity contribution in [1.29, 1.82) is 0 Å². The molecule has 1 saturated heterocycles. The molecule has 0 radical (unpaired) electrons. The molecule has 1 aliphatic heterocycles. The van der Waals surface area contributed by atoms with Crippen LogP contribution in [0.4, 0.5) is 4.39 Å². The fraction of sp³-hybridized carbons (Fsp3) is 0.323. The number of rotatable bonds is 7.